The van der Waals surface area contributed by atoms with Crippen LogP contribution in [0.15, 0.2) is 82.2 Å². The molecule has 0 unspecified atom stereocenters. The lowest BCUT2D eigenvalue weighted by molar-refractivity contribution is 0.947. The zero-order chi connectivity index (χ0) is 19.8. The number of nitrogens with zero attached hydrogens (tertiary/aromatic N) is 5. The normalized spacial score (nSPS) is 11.1. The molecule has 0 aliphatic heterocycles. The van der Waals surface area contributed by atoms with E-state index in [-0.39, 0.29) is 5.56 Å². The zero-order valence-corrected chi connectivity index (χ0v) is 16.5. The third-order valence-corrected chi connectivity index (χ3v) is 5.11. The Morgan fingerprint density at radius 3 is 2.59 bits per heavy atom. The van der Waals surface area contributed by atoms with Crippen LogP contribution in [0.25, 0.3) is 27.9 Å². The second-order valence-electron chi connectivity index (χ2n) is 6.28. The third kappa shape index (κ3) is 3.13. The molecule has 0 aliphatic carbocycles. The lowest BCUT2D eigenvalue weighted by Gasteiger charge is -2.07. The number of nitrogens with one attached hydrogen (secondary N) is 1. The van der Waals surface area contributed by atoms with Gasteiger partial charge in [0.25, 0.3) is 5.56 Å². The van der Waals surface area contributed by atoms with Crippen molar-refractivity contribution in [1.29, 1.82) is 0 Å². The highest BCUT2D eigenvalue weighted by atomic mass is 79.9. The number of fused-ring (bicyclic) bond motifs is 3. The summed E-state index contributed by atoms with van der Waals surface area (Å²) in [5.41, 5.74) is 2.17. The Morgan fingerprint density at radius 1 is 0.897 bits per heavy atom. The highest BCUT2D eigenvalue weighted by Crippen LogP contribution is 2.28. The molecule has 7 nitrogen and oxygen atoms in total. The van der Waals surface area contributed by atoms with E-state index in [1.807, 2.05) is 48.5 Å². The van der Waals surface area contributed by atoms with E-state index < -0.39 is 0 Å². The molecule has 5 rings (SSSR count). The van der Waals surface area contributed by atoms with Crippen molar-refractivity contribution in [2.45, 2.75) is 0 Å². The van der Waals surface area contributed by atoms with Crippen molar-refractivity contribution in [3.8, 4) is 11.4 Å². The highest BCUT2D eigenvalue weighted by Gasteiger charge is 2.16. The molecule has 0 radical (unpaired) electrons. The number of anilines is 2. The lowest BCUT2D eigenvalue weighted by atomic mass is 10.2. The first-order valence-corrected chi connectivity index (χ1v) is 9.63. The molecule has 3 heterocycles. The Balaban J connectivity index is 1.78. The maximum absolute atomic E-state index is 12.2. The van der Waals surface area contributed by atoms with Crippen LogP contribution in [0.4, 0.5) is 11.6 Å². The standard InChI is InChI=1S/C21H13BrN6O/c22-15-9-3-1-7-13(15)18-26-19-14-8-2-4-10-16(14)24-21(28(19)27-18)25-17-11-5-6-12-23-20(17)29/h1-12H,(H,23,24,25,29). The molecule has 8 heteroatoms. The second kappa shape index (κ2) is 7.06. The Hall–Kier alpha value is -3.65. The Kier molecular flexibility index (Phi) is 4.25. The van der Waals surface area contributed by atoms with Crippen LogP contribution >= 0.6 is 15.9 Å². The molecular weight excluding hydrogens is 432 g/mol. The minimum atomic E-state index is -0.385. The van der Waals surface area contributed by atoms with E-state index in [9.17, 15) is 4.79 Å². The number of halogens is 1. The number of hydrogen-bond acceptors (Lipinski definition) is 6. The summed E-state index contributed by atoms with van der Waals surface area (Å²) < 4.78 is 2.51. The Morgan fingerprint density at radius 2 is 1.69 bits per heavy atom. The van der Waals surface area contributed by atoms with Crippen molar-refractivity contribution in [3.63, 3.8) is 0 Å². The molecule has 0 atom stereocenters. The van der Waals surface area contributed by atoms with Gasteiger partial charge in [-0.1, -0.05) is 46.3 Å². The highest BCUT2D eigenvalue weighted by molar-refractivity contribution is 9.10. The van der Waals surface area contributed by atoms with Crippen LogP contribution < -0.4 is 10.9 Å². The molecule has 0 saturated carbocycles. The Labute approximate surface area is 173 Å². The largest absolute Gasteiger partial charge is 0.319 e. The maximum atomic E-state index is 12.2. The van der Waals surface area contributed by atoms with Crippen LogP contribution in [0.1, 0.15) is 0 Å². The fraction of sp³-hybridized carbons (Fsp3) is 0. The summed E-state index contributed by atoms with van der Waals surface area (Å²) in [6, 6.07) is 20.5. The summed E-state index contributed by atoms with van der Waals surface area (Å²) in [5.74, 6) is 0.937. The zero-order valence-electron chi connectivity index (χ0n) is 15.0. The van der Waals surface area contributed by atoms with Crippen molar-refractivity contribution >= 4 is 44.1 Å². The van der Waals surface area contributed by atoms with Gasteiger partial charge in [-0.15, -0.1) is 5.10 Å². The number of hydrogen-bond donors (Lipinski definition) is 1. The first kappa shape index (κ1) is 17.4. The predicted molar refractivity (Wildman–Crippen MR) is 115 cm³/mol. The molecule has 140 valence electrons. The predicted octanol–water partition coefficient (Wildman–Crippen LogP) is 4.21. The first-order valence-electron chi connectivity index (χ1n) is 8.83. The van der Waals surface area contributed by atoms with E-state index in [1.165, 1.54) is 6.20 Å². The summed E-state index contributed by atoms with van der Waals surface area (Å²) in [7, 11) is 0. The van der Waals surface area contributed by atoms with E-state index in [2.05, 4.69) is 36.3 Å². The topological polar surface area (TPSA) is 85.1 Å². The molecule has 0 amide bonds. The molecule has 0 fully saturated rings. The number of para-hydroxylation sites is 1. The van der Waals surface area contributed by atoms with Crippen molar-refractivity contribution in [1.82, 2.24) is 24.6 Å². The molecular formula is C21H13BrN6O. The summed E-state index contributed by atoms with van der Waals surface area (Å²) in [4.78, 5) is 25.5. The van der Waals surface area contributed by atoms with Gasteiger partial charge >= 0.3 is 0 Å². The molecule has 3 aromatic heterocycles. The number of benzene rings is 2. The molecule has 0 bridgehead atoms. The summed E-state index contributed by atoms with van der Waals surface area (Å²) in [6.45, 7) is 0. The third-order valence-electron chi connectivity index (χ3n) is 4.42. The van der Waals surface area contributed by atoms with Crippen LogP contribution in [0, 0.1) is 0 Å². The van der Waals surface area contributed by atoms with E-state index in [0.717, 1.165) is 20.9 Å². The molecule has 0 spiro atoms. The van der Waals surface area contributed by atoms with Gasteiger partial charge in [0.05, 0.1) is 5.52 Å². The van der Waals surface area contributed by atoms with Crippen LogP contribution in [0.3, 0.4) is 0 Å². The fourth-order valence-electron chi connectivity index (χ4n) is 3.06. The van der Waals surface area contributed by atoms with Gasteiger partial charge in [-0.05, 0) is 36.4 Å². The van der Waals surface area contributed by atoms with Crippen LogP contribution in [-0.4, -0.2) is 24.6 Å². The fourth-order valence-corrected chi connectivity index (χ4v) is 3.52. The van der Waals surface area contributed by atoms with Gasteiger partial charge in [0.2, 0.25) is 5.95 Å². The minimum Gasteiger partial charge on any atom is -0.319 e. The van der Waals surface area contributed by atoms with Gasteiger partial charge in [0.15, 0.2) is 11.5 Å². The maximum Gasteiger partial charge on any atom is 0.293 e. The summed E-state index contributed by atoms with van der Waals surface area (Å²) >= 11 is 3.56. The Bertz CT molecular complexity index is 1430. The van der Waals surface area contributed by atoms with Gasteiger partial charge < -0.3 is 5.32 Å². The summed E-state index contributed by atoms with van der Waals surface area (Å²) in [5, 5.41) is 8.60. The molecule has 5 aromatic rings. The van der Waals surface area contributed by atoms with E-state index in [1.54, 1.807) is 22.7 Å². The lowest BCUT2D eigenvalue weighted by Crippen LogP contribution is -2.11. The summed E-state index contributed by atoms with van der Waals surface area (Å²) in [6.07, 6.45) is 1.46. The van der Waals surface area contributed by atoms with Crippen molar-refractivity contribution in [3.05, 3.63) is 87.8 Å². The van der Waals surface area contributed by atoms with Crippen LogP contribution in [0.5, 0.6) is 0 Å². The van der Waals surface area contributed by atoms with Gasteiger partial charge in [0, 0.05) is 21.6 Å². The van der Waals surface area contributed by atoms with E-state index in [0.29, 0.717) is 23.1 Å². The molecule has 0 saturated heterocycles. The number of rotatable bonds is 3. The van der Waals surface area contributed by atoms with Gasteiger partial charge in [-0.25, -0.2) is 15.0 Å². The minimum absolute atomic E-state index is 0.303. The van der Waals surface area contributed by atoms with Gasteiger partial charge in [0.1, 0.15) is 5.69 Å². The van der Waals surface area contributed by atoms with Crippen molar-refractivity contribution in [2.75, 3.05) is 5.32 Å². The van der Waals surface area contributed by atoms with Crippen LogP contribution in [0.2, 0.25) is 0 Å². The van der Waals surface area contributed by atoms with Gasteiger partial charge in [-0.3, -0.25) is 4.79 Å². The van der Waals surface area contributed by atoms with Gasteiger partial charge in [-0.2, -0.15) is 4.52 Å². The van der Waals surface area contributed by atoms with E-state index in [4.69, 9.17) is 4.98 Å². The average molecular weight is 445 g/mol. The van der Waals surface area contributed by atoms with Crippen molar-refractivity contribution < 1.29 is 0 Å². The molecule has 2 aromatic carbocycles. The SMILES string of the molecule is O=c1nccccc1Nc1nc2ccccc2c2nc(-c3ccccc3Br)nn12. The quantitative estimate of drug-likeness (QED) is 0.448. The molecule has 1 N–H and O–H groups in total. The van der Waals surface area contributed by atoms with E-state index >= 15 is 0 Å². The van der Waals surface area contributed by atoms with Crippen molar-refractivity contribution in [2.24, 2.45) is 0 Å². The molecule has 0 aliphatic rings. The molecule has 29 heavy (non-hydrogen) atoms. The van der Waals surface area contributed by atoms with Crippen LogP contribution in [-0.2, 0) is 0 Å². The second-order valence-corrected chi connectivity index (χ2v) is 7.13. The number of aromatic nitrogens is 5. The smallest absolute Gasteiger partial charge is 0.293 e. The monoisotopic (exact) mass is 444 g/mol. The average Bonchev–Trinajstić information content (AvgIpc) is 3.08. The first-order chi connectivity index (χ1) is 14.2.